The van der Waals surface area contributed by atoms with Crippen molar-refractivity contribution in [3.05, 3.63) is 29.6 Å². The quantitative estimate of drug-likeness (QED) is 0.846. The van der Waals surface area contributed by atoms with Crippen molar-refractivity contribution in [2.24, 2.45) is 0 Å². The van der Waals surface area contributed by atoms with E-state index < -0.39 is 0 Å². The third kappa shape index (κ3) is 3.45. The Kier molecular flexibility index (Phi) is 4.39. The van der Waals surface area contributed by atoms with E-state index in [9.17, 15) is 4.79 Å². The summed E-state index contributed by atoms with van der Waals surface area (Å²) in [5.41, 5.74) is 7.15. The lowest BCUT2D eigenvalue weighted by Gasteiger charge is -2.06. The van der Waals surface area contributed by atoms with Crippen LogP contribution in [-0.2, 0) is 0 Å². The van der Waals surface area contributed by atoms with Gasteiger partial charge in [-0.3, -0.25) is 4.79 Å². The fraction of sp³-hybridized carbons (Fsp3) is 0.250. The summed E-state index contributed by atoms with van der Waals surface area (Å²) in [5, 5.41) is 2.76. The summed E-state index contributed by atoms with van der Waals surface area (Å²) >= 11 is 2.75. The molecule has 2 aromatic rings. The Balaban J connectivity index is 2.24. The molecule has 100 valence electrons. The summed E-state index contributed by atoms with van der Waals surface area (Å²) < 4.78 is 4.94. The molecule has 0 radical (unpaired) electrons. The van der Waals surface area contributed by atoms with E-state index in [1.165, 1.54) is 23.3 Å². The van der Waals surface area contributed by atoms with Crippen LogP contribution in [0.5, 0.6) is 0 Å². The minimum absolute atomic E-state index is 0.0993. The maximum atomic E-state index is 11.8. The summed E-state index contributed by atoms with van der Waals surface area (Å²) in [6.07, 6.45) is 0. The van der Waals surface area contributed by atoms with Crippen LogP contribution < -0.4 is 11.1 Å². The van der Waals surface area contributed by atoms with Gasteiger partial charge in [0, 0.05) is 22.7 Å². The van der Waals surface area contributed by atoms with Crippen molar-refractivity contribution in [1.29, 1.82) is 0 Å². The molecule has 5 nitrogen and oxygen atoms in total. The molecule has 0 aliphatic rings. The summed E-state index contributed by atoms with van der Waals surface area (Å²) in [5.74, 6) is 0.642. The minimum Gasteiger partial charge on any atom is -0.398 e. The fourth-order valence-corrected chi connectivity index (χ4v) is 3.13. The van der Waals surface area contributed by atoms with Crippen molar-refractivity contribution in [3.63, 3.8) is 0 Å². The highest BCUT2D eigenvalue weighted by Crippen LogP contribution is 2.33. The topological polar surface area (TPSA) is 80.9 Å². The molecule has 3 N–H and O–H groups in total. The third-order valence-corrected chi connectivity index (χ3v) is 4.24. The molecular formula is C12H14N4OS2. The largest absolute Gasteiger partial charge is 0.398 e. The van der Waals surface area contributed by atoms with Gasteiger partial charge in [-0.25, -0.2) is 4.98 Å². The highest BCUT2D eigenvalue weighted by atomic mass is 32.2. The van der Waals surface area contributed by atoms with Gasteiger partial charge >= 0.3 is 0 Å². The molecule has 0 atom stereocenters. The predicted octanol–water partition coefficient (Wildman–Crippen LogP) is 2.33. The van der Waals surface area contributed by atoms with Crippen LogP contribution in [0.2, 0.25) is 0 Å². The van der Waals surface area contributed by atoms with E-state index in [-0.39, 0.29) is 5.91 Å². The zero-order valence-corrected chi connectivity index (χ0v) is 12.3. The van der Waals surface area contributed by atoms with E-state index in [2.05, 4.69) is 14.7 Å². The molecule has 0 bridgehead atoms. The number of amides is 1. The van der Waals surface area contributed by atoms with E-state index in [1.807, 2.05) is 13.8 Å². The van der Waals surface area contributed by atoms with Crippen LogP contribution in [-0.4, -0.2) is 21.8 Å². The number of anilines is 1. The van der Waals surface area contributed by atoms with Gasteiger partial charge in [0.05, 0.1) is 0 Å². The zero-order chi connectivity index (χ0) is 13.8. The van der Waals surface area contributed by atoms with E-state index in [0.29, 0.717) is 17.8 Å². The maximum absolute atomic E-state index is 11.8. The Morgan fingerprint density at radius 1 is 1.53 bits per heavy atom. The summed E-state index contributed by atoms with van der Waals surface area (Å²) in [6.45, 7) is 4.32. The van der Waals surface area contributed by atoms with Gasteiger partial charge in [-0.1, -0.05) is 11.8 Å². The number of carbonyl (C=O) groups excluding carboxylic acids is 1. The molecule has 0 saturated heterocycles. The molecule has 0 fully saturated rings. The molecule has 1 amide bonds. The van der Waals surface area contributed by atoms with Gasteiger partial charge in [0.1, 0.15) is 5.82 Å². The Labute approximate surface area is 119 Å². The molecule has 7 heteroatoms. The van der Waals surface area contributed by atoms with Gasteiger partial charge in [-0.15, -0.1) is 0 Å². The van der Waals surface area contributed by atoms with Crippen LogP contribution in [0.4, 0.5) is 5.69 Å². The normalized spacial score (nSPS) is 10.4. The summed E-state index contributed by atoms with van der Waals surface area (Å²) in [6, 6.07) is 5.23. The summed E-state index contributed by atoms with van der Waals surface area (Å²) in [7, 11) is 0. The molecule has 0 saturated carbocycles. The monoisotopic (exact) mass is 294 g/mol. The maximum Gasteiger partial charge on any atom is 0.251 e. The molecule has 0 spiro atoms. The number of rotatable bonds is 4. The lowest BCUT2D eigenvalue weighted by Crippen LogP contribution is -2.22. The molecular weight excluding hydrogens is 280 g/mol. The Hall–Kier alpha value is -1.60. The number of nitrogens with zero attached hydrogens (tertiary/aromatic N) is 2. The number of hydrogen-bond donors (Lipinski definition) is 2. The first-order valence-electron chi connectivity index (χ1n) is 5.76. The van der Waals surface area contributed by atoms with Gasteiger partial charge in [-0.2, -0.15) is 4.37 Å². The van der Waals surface area contributed by atoms with Crippen LogP contribution in [0.3, 0.4) is 0 Å². The number of aryl methyl sites for hydroxylation is 1. The first-order valence-corrected chi connectivity index (χ1v) is 7.35. The van der Waals surface area contributed by atoms with Gasteiger partial charge in [0.15, 0.2) is 4.34 Å². The number of hydrogen-bond acceptors (Lipinski definition) is 6. The minimum atomic E-state index is -0.0993. The standard InChI is InChI=1S/C12H14N4OS2/c1-3-14-11(17)8-4-5-9(13)10(6-8)18-12-15-7(2)16-19-12/h4-6H,3,13H2,1-2H3,(H,14,17). The zero-order valence-electron chi connectivity index (χ0n) is 10.6. The Morgan fingerprint density at radius 3 is 2.95 bits per heavy atom. The van der Waals surface area contributed by atoms with Crippen molar-refractivity contribution < 1.29 is 4.79 Å². The first-order chi connectivity index (χ1) is 9.10. The van der Waals surface area contributed by atoms with Crippen molar-refractivity contribution in [1.82, 2.24) is 14.7 Å². The molecule has 1 heterocycles. The average molecular weight is 294 g/mol. The van der Waals surface area contributed by atoms with Gasteiger partial charge in [0.2, 0.25) is 0 Å². The second-order valence-corrected chi connectivity index (χ2v) is 5.86. The highest BCUT2D eigenvalue weighted by molar-refractivity contribution is 8.01. The predicted molar refractivity (Wildman–Crippen MR) is 77.6 cm³/mol. The SMILES string of the molecule is CCNC(=O)c1ccc(N)c(Sc2nc(C)ns2)c1. The van der Waals surface area contributed by atoms with Crippen molar-refractivity contribution >= 4 is 34.9 Å². The van der Waals surface area contributed by atoms with Gasteiger partial charge in [-0.05, 0) is 43.6 Å². The first kappa shape index (κ1) is 13.8. The number of nitrogens with one attached hydrogen (secondary N) is 1. The van der Waals surface area contributed by atoms with E-state index in [1.54, 1.807) is 18.2 Å². The van der Waals surface area contributed by atoms with Crippen LogP contribution in [0.25, 0.3) is 0 Å². The second kappa shape index (κ2) is 6.03. The number of nitrogen functional groups attached to an aromatic ring is 1. The molecule has 0 unspecified atom stereocenters. The van der Waals surface area contributed by atoms with Crippen molar-refractivity contribution in [2.45, 2.75) is 23.1 Å². The van der Waals surface area contributed by atoms with Crippen LogP contribution in [0.15, 0.2) is 27.4 Å². The van der Waals surface area contributed by atoms with Gasteiger partial charge < -0.3 is 11.1 Å². The van der Waals surface area contributed by atoms with Crippen LogP contribution >= 0.6 is 23.3 Å². The lowest BCUT2D eigenvalue weighted by atomic mass is 10.2. The molecule has 1 aromatic carbocycles. The van der Waals surface area contributed by atoms with Gasteiger partial charge in [0.25, 0.3) is 5.91 Å². The Morgan fingerprint density at radius 2 is 2.32 bits per heavy atom. The highest BCUT2D eigenvalue weighted by Gasteiger charge is 2.10. The lowest BCUT2D eigenvalue weighted by molar-refractivity contribution is 0.0955. The fourth-order valence-electron chi connectivity index (χ4n) is 1.44. The number of aromatic nitrogens is 2. The third-order valence-electron chi connectivity index (χ3n) is 2.32. The molecule has 19 heavy (non-hydrogen) atoms. The van der Waals surface area contributed by atoms with Crippen LogP contribution in [0.1, 0.15) is 23.1 Å². The number of benzene rings is 1. The Bertz CT molecular complexity index is 597. The average Bonchev–Trinajstić information content (AvgIpc) is 2.78. The van der Waals surface area contributed by atoms with Crippen molar-refractivity contribution in [2.75, 3.05) is 12.3 Å². The molecule has 0 aliphatic heterocycles. The van der Waals surface area contributed by atoms with E-state index in [0.717, 1.165) is 15.1 Å². The number of carbonyl (C=O) groups is 1. The molecule has 2 rings (SSSR count). The molecule has 1 aromatic heterocycles. The van der Waals surface area contributed by atoms with Crippen molar-refractivity contribution in [3.8, 4) is 0 Å². The number of nitrogens with two attached hydrogens (primary N) is 1. The smallest absolute Gasteiger partial charge is 0.251 e. The van der Waals surface area contributed by atoms with E-state index >= 15 is 0 Å². The molecule has 0 aliphatic carbocycles. The van der Waals surface area contributed by atoms with E-state index in [4.69, 9.17) is 5.73 Å². The summed E-state index contributed by atoms with van der Waals surface area (Å²) in [4.78, 5) is 16.9. The van der Waals surface area contributed by atoms with Crippen LogP contribution in [0, 0.1) is 6.92 Å². The second-order valence-electron chi connectivity index (χ2n) is 3.82.